The number of nitrogens with one attached hydrogen (secondary N) is 2. The Hall–Kier alpha value is -2.77. The molecule has 28 heavy (non-hydrogen) atoms. The summed E-state index contributed by atoms with van der Waals surface area (Å²) < 4.78 is 40.6. The van der Waals surface area contributed by atoms with Crippen LogP contribution in [0.15, 0.2) is 71.6 Å². The number of hydrogen-bond acceptors (Lipinski definition) is 3. The SMILES string of the molecule is CC(C)C(NS(=O)(=O)c1ccc(F)cc1)C(=O)Nc1ccc2ccccc2c1. The van der Waals surface area contributed by atoms with E-state index in [1.807, 2.05) is 36.4 Å². The van der Waals surface area contributed by atoms with E-state index in [1.54, 1.807) is 19.9 Å². The fourth-order valence-electron chi connectivity index (χ4n) is 2.83. The van der Waals surface area contributed by atoms with Gasteiger partial charge in [-0.2, -0.15) is 4.72 Å². The molecule has 2 N–H and O–H groups in total. The van der Waals surface area contributed by atoms with Crippen molar-refractivity contribution in [1.29, 1.82) is 0 Å². The number of amides is 1. The smallest absolute Gasteiger partial charge is 0.242 e. The Balaban J connectivity index is 1.80. The standard InChI is InChI=1S/C21H21FN2O3S/c1-14(2)20(24-28(26,27)19-11-8-17(22)9-12-19)21(25)23-18-10-7-15-5-3-4-6-16(15)13-18/h3-14,20,24H,1-2H3,(H,23,25). The predicted octanol–water partition coefficient (Wildman–Crippen LogP) is 3.92. The maximum atomic E-state index is 13.1. The first-order valence-corrected chi connectivity index (χ1v) is 10.3. The van der Waals surface area contributed by atoms with Gasteiger partial charge in [-0.25, -0.2) is 12.8 Å². The number of carbonyl (C=O) groups excluding carboxylic acids is 1. The van der Waals surface area contributed by atoms with Crippen LogP contribution in [0.3, 0.4) is 0 Å². The van der Waals surface area contributed by atoms with Crippen molar-refractivity contribution in [3.05, 3.63) is 72.5 Å². The summed E-state index contributed by atoms with van der Waals surface area (Å²) in [5.41, 5.74) is 0.579. The second-order valence-corrected chi connectivity index (χ2v) is 8.56. The molecule has 1 atom stereocenters. The van der Waals surface area contributed by atoms with E-state index in [-0.39, 0.29) is 10.8 Å². The number of carbonyl (C=O) groups is 1. The van der Waals surface area contributed by atoms with E-state index < -0.39 is 27.8 Å². The van der Waals surface area contributed by atoms with Crippen LogP contribution in [0.4, 0.5) is 10.1 Å². The van der Waals surface area contributed by atoms with Gasteiger partial charge in [-0.3, -0.25) is 4.79 Å². The molecule has 0 aromatic heterocycles. The molecule has 0 aliphatic carbocycles. The molecular formula is C21H21FN2O3S. The summed E-state index contributed by atoms with van der Waals surface area (Å²) in [5.74, 6) is -1.29. The molecule has 1 amide bonds. The van der Waals surface area contributed by atoms with Crippen molar-refractivity contribution in [2.45, 2.75) is 24.8 Å². The predicted molar refractivity (Wildman–Crippen MR) is 108 cm³/mol. The average Bonchev–Trinajstić information content (AvgIpc) is 2.66. The number of fused-ring (bicyclic) bond motifs is 1. The Kier molecular flexibility index (Phi) is 5.76. The molecule has 0 saturated heterocycles. The van der Waals surface area contributed by atoms with E-state index in [2.05, 4.69) is 10.0 Å². The number of hydrogen-bond donors (Lipinski definition) is 2. The molecule has 146 valence electrons. The lowest BCUT2D eigenvalue weighted by atomic mass is 10.0. The van der Waals surface area contributed by atoms with Crippen LogP contribution in [0.1, 0.15) is 13.8 Å². The topological polar surface area (TPSA) is 75.3 Å². The molecule has 0 aliphatic rings. The molecule has 3 aromatic carbocycles. The molecule has 0 aliphatic heterocycles. The highest BCUT2D eigenvalue weighted by atomic mass is 32.2. The van der Waals surface area contributed by atoms with Gasteiger partial charge in [-0.15, -0.1) is 0 Å². The van der Waals surface area contributed by atoms with Gasteiger partial charge in [0.1, 0.15) is 11.9 Å². The van der Waals surface area contributed by atoms with Crippen molar-refractivity contribution < 1.29 is 17.6 Å². The minimum absolute atomic E-state index is 0.0990. The van der Waals surface area contributed by atoms with Crippen LogP contribution in [-0.4, -0.2) is 20.4 Å². The molecule has 7 heteroatoms. The molecule has 3 rings (SSSR count). The van der Waals surface area contributed by atoms with Crippen LogP contribution in [0.5, 0.6) is 0 Å². The Labute approximate surface area is 163 Å². The largest absolute Gasteiger partial charge is 0.325 e. The van der Waals surface area contributed by atoms with Crippen molar-refractivity contribution in [1.82, 2.24) is 4.72 Å². The summed E-state index contributed by atoms with van der Waals surface area (Å²) in [6.45, 7) is 3.50. The van der Waals surface area contributed by atoms with Gasteiger partial charge in [-0.1, -0.05) is 44.2 Å². The van der Waals surface area contributed by atoms with Gasteiger partial charge in [0, 0.05) is 5.69 Å². The van der Waals surface area contributed by atoms with E-state index in [0.29, 0.717) is 5.69 Å². The van der Waals surface area contributed by atoms with E-state index >= 15 is 0 Å². The monoisotopic (exact) mass is 400 g/mol. The highest BCUT2D eigenvalue weighted by Gasteiger charge is 2.28. The van der Waals surface area contributed by atoms with Crippen molar-refractivity contribution in [3.63, 3.8) is 0 Å². The van der Waals surface area contributed by atoms with Gasteiger partial charge in [0.2, 0.25) is 15.9 Å². The third-order valence-corrected chi connectivity index (χ3v) is 5.83. The quantitative estimate of drug-likeness (QED) is 0.659. The maximum Gasteiger partial charge on any atom is 0.242 e. The molecule has 0 saturated carbocycles. The van der Waals surface area contributed by atoms with E-state index in [4.69, 9.17) is 0 Å². The molecule has 0 spiro atoms. The van der Waals surface area contributed by atoms with Crippen LogP contribution in [0, 0.1) is 11.7 Å². The highest BCUT2D eigenvalue weighted by Crippen LogP contribution is 2.20. The third kappa shape index (κ3) is 4.55. The van der Waals surface area contributed by atoms with Crippen LogP contribution in [0.2, 0.25) is 0 Å². The van der Waals surface area contributed by atoms with E-state index in [1.165, 1.54) is 0 Å². The summed E-state index contributed by atoms with van der Waals surface area (Å²) in [7, 11) is -3.97. The molecule has 0 radical (unpaired) electrons. The maximum absolute atomic E-state index is 13.1. The molecule has 0 fully saturated rings. The van der Waals surface area contributed by atoms with E-state index in [0.717, 1.165) is 35.0 Å². The van der Waals surface area contributed by atoms with Gasteiger partial charge in [0.15, 0.2) is 0 Å². The number of rotatable bonds is 6. The molecule has 0 bridgehead atoms. The zero-order valence-electron chi connectivity index (χ0n) is 15.5. The summed E-state index contributed by atoms with van der Waals surface area (Å²) in [5, 5.41) is 4.78. The fourth-order valence-corrected chi connectivity index (χ4v) is 4.17. The van der Waals surface area contributed by atoms with Gasteiger partial charge >= 0.3 is 0 Å². The first kappa shape index (κ1) is 20.0. The molecule has 1 unspecified atom stereocenters. The van der Waals surface area contributed by atoms with Gasteiger partial charge in [0.25, 0.3) is 0 Å². The fraction of sp³-hybridized carbons (Fsp3) is 0.190. The summed E-state index contributed by atoms with van der Waals surface area (Å²) in [6.07, 6.45) is 0. The number of halogens is 1. The van der Waals surface area contributed by atoms with Crippen molar-refractivity contribution in [3.8, 4) is 0 Å². The minimum atomic E-state index is -3.97. The minimum Gasteiger partial charge on any atom is -0.325 e. The lowest BCUT2D eigenvalue weighted by Gasteiger charge is -2.22. The van der Waals surface area contributed by atoms with Crippen molar-refractivity contribution in [2.75, 3.05) is 5.32 Å². The lowest BCUT2D eigenvalue weighted by molar-refractivity contribution is -0.118. The molecule has 5 nitrogen and oxygen atoms in total. The number of benzene rings is 3. The normalized spacial score (nSPS) is 12.9. The van der Waals surface area contributed by atoms with Gasteiger partial charge < -0.3 is 5.32 Å². The van der Waals surface area contributed by atoms with Crippen LogP contribution in [-0.2, 0) is 14.8 Å². The first-order chi connectivity index (χ1) is 13.3. The second-order valence-electron chi connectivity index (χ2n) is 6.85. The number of anilines is 1. The average molecular weight is 400 g/mol. The number of sulfonamides is 1. The second kappa shape index (κ2) is 8.08. The summed E-state index contributed by atoms with van der Waals surface area (Å²) >= 11 is 0. The Bertz CT molecular complexity index is 1100. The van der Waals surface area contributed by atoms with Crippen LogP contribution in [0.25, 0.3) is 10.8 Å². The molecule has 0 heterocycles. The van der Waals surface area contributed by atoms with Gasteiger partial charge in [-0.05, 0) is 53.1 Å². The lowest BCUT2D eigenvalue weighted by Crippen LogP contribution is -2.47. The molecule has 3 aromatic rings. The van der Waals surface area contributed by atoms with Crippen molar-refractivity contribution >= 4 is 32.4 Å². The van der Waals surface area contributed by atoms with Crippen LogP contribution < -0.4 is 10.0 Å². The van der Waals surface area contributed by atoms with E-state index in [9.17, 15) is 17.6 Å². The Morgan fingerprint density at radius 1 is 0.929 bits per heavy atom. The first-order valence-electron chi connectivity index (χ1n) is 8.84. The van der Waals surface area contributed by atoms with Crippen LogP contribution >= 0.6 is 0 Å². The Morgan fingerprint density at radius 2 is 1.57 bits per heavy atom. The zero-order chi connectivity index (χ0) is 20.3. The third-order valence-electron chi connectivity index (χ3n) is 4.37. The van der Waals surface area contributed by atoms with Crippen molar-refractivity contribution in [2.24, 2.45) is 5.92 Å². The van der Waals surface area contributed by atoms with Gasteiger partial charge in [0.05, 0.1) is 4.90 Å². The summed E-state index contributed by atoms with van der Waals surface area (Å²) in [4.78, 5) is 12.7. The highest BCUT2D eigenvalue weighted by molar-refractivity contribution is 7.89. The zero-order valence-corrected chi connectivity index (χ0v) is 16.3. The summed E-state index contributed by atoms with van der Waals surface area (Å²) in [6, 6.07) is 16.7. The Morgan fingerprint density at radius 3 is 2.21 bits per heavy atom. The molecular weight excluding hydrogens is 379 g/mol.